The Balaban J connectivity index is 1.51. The van der Waals surface area contributed by atoms with Gasteiger partial charge >= 0.3 is 0 Å². The van der Waals surface area contributed by atoms with Gasteiger partial charge in [0.25, 0.3) is 0 Å². The van der Waals surface area contributed by atoms with Gasteiger partial charge in [0.2, 0.25) is 5.91 Å². The molecule has 2 fully saturated rings. The monoisotopic (exact) mass is 539 g/mol. The molecule has 0 aromatic carbocycles. The van der Waals surface area contributed by atoms with Crippen molar-refractivity contribution in [1.29, 1.82) is 15.9 Å². The van der Waals surface area contributed by atoms with Crippen molar-refractivity contribution in [2.24, 2.45) is 10.5 Å². The van der Waals surface area contributed by atoms with E-state index in [1.54, 1.807) is 24.7 Å². The van der Waals surface area contributed by atoms with E-state index in [4.69, 9.17) is 10.4 Å². The Morgan fingerprint density at radius 1 is 1.23 bits per heavy atom. The van der Waals surface area contributed by atoms with E-state index in [1.807, 2.05) is 16.7 Å². The Labute approximate surface area is 233 Å². The summed E-state index contributed by atoms with van der Waals surface area (Å²) in [6.45, 7) is 8.25. The molecule has 4 heterocycles. The zero-order valence-electron chi connectivity index (χ0n) is 23.0. The number of nitrogens with one attached hydrogen (secondary N) is 2. The lowest BCUT2D eigenvalue weighted by Gasteiger charge is -2.48. The van der Waals surface area contributed by atoms with Crippen LogP contribution in [0.25, 0.3) is 0 Å². The SMILES string of the molecule is C[C@@H]1CN(c2ncnc3c2C(C)(CN/N=C\C=N)CN3c2cc(C#N)ccn2)[C@@H](C)CN1C(=O)C1(C#N)CCC1. The first kappa shape index (κ1) is 27.0. The van der Waals surface area contributed by atoms with Crippen molar-refractivity contribution >= 4 is 35.8 Å². The molecule has 1 unspecified atom stereocenters. The van der Waals surface area contributed by atoms with E-state index < -0.39 is 10.8 Å². The Kier molecular flexibility index (Phi) is 7.11. The zero-order valence-corrected chi connectivity index (χ0v) is 23.0. The molecule has 2 aromatic heterocycles. The highest BCUT2D eigenvalue weighted by Crippen LogP contribution is 2.47. The predicted octanol–water partition coefficient (Wildman–Crippen LogP) is 2.50. The molecule has 1 saturated heterocycles. The van der Waals surface area contributed by atoms with Gasteiger partial charge in [0.05, 0.1) is 23.9 Å². The highest BCUT2D eigenvalue weighted by atomic mass is 16.2. The fourth-order valence-corrected chi connectivity index (χ4v) is 6.00. The molecule has 1 saturated carbocycles. The summed E-state index contributed by atoms with van der Waals surface area (Å²) in [4.78, 5) is 33.5. The second-order valence-electron chi connectivity index (χ2n) is 11.2. The zero-order chi connectivity index (χ0) is 28.5. The maximum Gasteiger partial charge on any atom is 0.243 e. The number of piperazine rings is 1. The number of hydrogen-bond donors (Lipinski definition) is 2. The van der Waals surface area contributed by atoms with Crippen molar-refractivity contribution < 1.29 is 4.79 Å². The summed E-state index contributed by atoms with van der Waals surface area (Å²) in [5.74, 6) is 2.07. The van der Waals surface area contributed by atoms with Crippen molar-refractivity contribution in [3.63, 3.8) is 0 Å². The third kappa shape index (κ3) is 4.49. The smallest absolute Gasteiger partial charge is 0.243 e. The van der Waals surface area contributed by atoms with Gasteiger partial charge in [-0.05, 0) is 45.2 Å². The molecule has 3 atom stereocenters. The summed E-state index contributed by atoms with van der Waals surface area (Å²) >= 11 is 0. The molecule has 206 valence electrons. The van der Waals surface area contributed by atoms with Gasteiger partial charge < -0.3 is 25.5 Å². The molecular weight excluding hydrogens is 506 g/mol. The number of rotatable bonds is 7. The molecule has 1 aliphatic carbocycles. The van der Waals surface area contributed by atoms with Crippen LogP contribution in [0, 0.1) is 33.5 Å². The first-order valence-electron chi connectivity index (χ1n) is 13.5. The summed E-state index contributed by atoms with van der Waals surface area (Å²) in [6.07, 6.45) is 7.84. The van der Waals surface area contributed by atoms with Gasteiger partial charge in [0.15, 0.2) is 0 Å². The van der Waals surface area contributed by atoms with Crippen LogP contribution in [0.1, 0.15) is 51.2 Å². The summed E-state index contributed by atoms with van der Waals surface area (Å²) < 4.78 is 0. The maximum atomic E-state index is 13.4. The van der Waals surface area contributed by atoms with Gasteiger partial charge in [-0.2, -0.15) is 15.6 Å². The van der Waals surface area contributed by atoms with E-state index in [9.17, 15) is 15.3 Å². The van der Waals surface area contributed by atoms with E-state index in [1.165, 1.54) is 6.21 Å². The minimum Gasteiger partial charge on any atom is -0.350 e. The molecular formula is C28H33N11O. The minimum absolute atomic E-state index is 0.0443. The van der Waals surface area contributed by atoms with Crippen LogP contribution in [0.5, 0.6) is 0 Å². The summed E-state index contributed by atoms with van der Waals surface area (Å²) in [7, 11) is 0. The van der Waals surface area contributed by atoms with Crippen LogP contribution in [0.2, 0.25) is 0 Å². The number of nitriles is 2. The number of nitrogens with zero attached hydrogens (tertiary/aromatic N) is 9. The molecule has 3 aliphatic rings. The van der Waals surface area contributed by atoms with Crippen molar-refractivity contribution in [2.45, 2.75) is 57.5 Å². The van der Waals surface area contributed by atoms with Gasteiger partial charge in [-0.3, -0.25) is 4.79 Å². The number of anilines is 3. The van der Waals surface area contributed by atoms with Crippen LogP contribution in [-0.2, 0) is 10.2 Å². The van der Waals surface area contributed by atoms with Gasteiger partial charge in [0, 0.05) is 61.7 Å². The molecule has 0 spiro atoms. The third-order valence-electron chi connectivity index (χ3n) is 8.38. The Morgan fingerprint density at radius 3 is 2.67 bits per heavy atom. The van der Waals surface area contributed by atoms with Crippen LogP contribution in [0.15, 0.2) is 29.8 Å². The van der Waals surface area contributed by atoms with Crippen LogP contribution in [-0.4, -0.2) is 76.5 Å². The van der Waals surface area contributed by atoms with Crippen molar-refractivity contribution in [3.8, 4) is 12.1 Å². The predicted molar refractivity (Wildman–Crippen MR) is 151 cm³/mol. The number of carbonyl (C=O) groups excluding carboxylic acids is 1. The molecule has 40 heavy (non-hydrogen) atoms. The molecule has 0 radical (unpaired) electrons. The van der Waals surface area contributed by atoms with E-state index in [-0.39, 0.29) is 18.0 Å². The fraction of sp³-hybridized carbons (Fsp3) is 0.500. The number of carbonyl (C=O) groups is 1. The third-order valence-corrected chi connectivity index (χ3v) is 8.38. The summed E-state index contributed by atoms with van der Waals surface area (Å²) in [5.41, 5.74) is 3.14. The number of hydrogen-bond acceptors (Lipinski definition) is 11. The maximum absolute atomic E-state index is 13.4. The number of hydrazone groups is 1. The van der Waals surface area contributed by atoms with Gasteiger partial charge in [0.1, 0.15) is 29.2 Å². The van der Waals surface area contributed by atoms with E-state index in [0.29, 0.717) is 56.2 Å². The normalized spacial score (nSPS) is 25.1. The molecule has 12 heteroatoms. The summed E-state index contributed by atoms with van der Waals surface area (Å²) in [5, 5.41) is 30.6. The van der Waals surface area contributed by atoms with Gasteiger partial charge in [-0.15, -0.1) is 0 Å². The molecule has 2 aliphatic heterocycles. The van der Waals surface area contributed by atoms with Crippen molar-refractivity contribution in [1.82, 2.24) is 25.3 Å². The average Bonchev–Trinajstić information content (AvgIpc) is 3.25. The quantitative estimate of drug-likeness (QED) is 0.398. The number of fused-ring (bicyclic) bond motifs is 1. The lowest BCUT2D eigenvalue weighted by atomic mass is 9.68. The molecule has 2 aromatic rings. The number of amides is 1. The second-order valence-corrected chi connectivity index (χ2v) is 11.2. The molecule has 0 bridgehead atoms. The van der Waals surface area contributed by atoms with Crippen molar-refractivity contribution in [3.05, 3.63) is 35.8 Å². The van der Waals surface area contributed by atoms with Crippen molar-refractivity contribution in [2.75, 3.05) is 36.0 Å². The average molecular weight is 540 g/mol. The van der Waals surface area contributed by atoms with E-state index in [0.717, 1.165) is 24.0 Å². The first-order valence-corrected chi connectivity index (χ1v) is 13.5. The minimum atomic E-state index is -0.876. The molecule has 5 rings (SSSR count). The molecule has 2 N–H and O–H groups in total. The molecule has 12 nitrogen and oxygen atoms in total. The fourth-order valence-electron chi connectivity index (χ4n) is 6.00. The van der Waals surface area contributed by atoms with Gasteiger partial charge in [-0.1, -0.05) is 6.92 Å². The Morgan fingerprint density at radius 2 is 2.00 bits per heavy atom. The highest BCUT2D eigenvalue weighted by molar-refractivity contribution is 6.14. The lowest BCUT2D eigenvalue weighted by molar-refractivity contribution is -0.146. The van der Waals surface area contributed by atoms with E-state index in [2.05, 4.69) is 51.4 Å². The van der Waals surface area contributed by atoms with Crippen LogP contribution >= 0.6 is 0 Å². The lowest BCUT2D eigenvalue weighted by Crippen LogP contribution is -2.62. The van der Waals surface area contributed by atoms with E-state index >= 15 is 0 Å². The largest absolute Gasteiger partial charge is 0.350 e. The number of pyridine rings is 1. The second kappa shape index (κ2) is 10.5. The Hall–Kier alpha value is -4.58. The molecule has 1 amide bonds. The van der Waals surface area contributed by atoms with Gasteiger partial charge in [-0.25, -0.2) is 15.0 Å². The van der Waals surface area contributed by atoms with Crippen LogP contribution in [0.4, 0.5) is 17.5 Å². The highest BCUT2D eigenvalue weighted by Gasteiger charge is 2.50. The topological polar surface area (TPSA) is 161 Å². The number of aromatic nitrogens is 3. The van der Waals surface area contributed by atoms with Crippen LogP contribution in [0.3, 0.4) is 0 Å². The first-order chi connectivity index (χ1) is 19.3. The summed E-state index contributed by atoms with van der Waals surface area (Å²) in [6, 6.07) is 7.75. The van der Waals surface area contributed by atoms with Crippen LogP contribution < -0.4 is 15.2 Å². The Bertz CT molecular complexity index is 1420. The standard InChI is InChI=1S/C28H33N11O/c1-19-14-38(26(40)28(15-31)6-4-7-28)20(2)13-37(19)24-23-25(34-18-33-24)39(22-11-21(12-30)5-9-32-22)17-27(23,3)16-36-35-10-8-29/h5,8-11,18-20,29,36H,4,6-7,13-14,16-17H2,1-3H3/b29-8?,35-10-/t19-,20+,27?/m0/s1.